The molecule has 1 amide bonds. The number of benzene rings is 2. The van der Waals surface area contributed by atoms with Crippen molar-refractivity contribution in [3.05, 3.63) is 52.5 Å². The van der Waals surface area contributed by atoms with Gasteiger partial charge in [0.2, 0.25) is 0 Å². The fraction of sp³-hybridized carbons (Fsp3) is 0.176. The molecule has 1 N–H and O–H groups in total. The summed E-state index contributed by atoms with van der Waals surface area (Å²) in [5, 5.41) is 2.51. The summed E-state index contributed by atoms with van der Waals surface area (Å²) in [6.07, 6.45) is 1.06. The van der Waals surface area contributed by atoms with E-state index in [2.05, 4.69) is 26.0 Å². The predicted octanol–water partition coefficient (Wildman–Crippen LogP) is 2.66. The van der Waals surface area contributed by atoms with E-state index in [1.54, 1.807) is 12.1 Å². The van der Waals surface area contributed by atoms with Crippen molar-refractivity contribution in [2.75, 3.05) is 25.3 Å². The topological polar surface area (TPSA) is 98.8 Å². The Kier molecular flexibility index (Phi) is 6.38. The molecule has 0 aliphatic heterocycles. The normalized spacial score (nSPS) is 10.9. The van der Waals surface area contributed by atoms with Gasteiger partial charge < -0.3 is 14.8 Å². The van der Waals surface area contributed by atoms with Gasteiger partial charge >= 0.3 is 5.97 Å². The number of hydrogen-bond donors (Lipinski definition) is 1. The molecule has 0 aliphatic rings. The quantitative estimate of drug-likeness (QED) is 0.691. The highest BCUT2D eigenvalue weighted by Gasteiger charge is 2.15. The molecule has 9 heteroatoms. The SMILES string of the molecule is COC(=O)c1ccc(OCC(=O)Nc2ccccc2S(C)(=O)=O)c(Br)c1. The van der Waals surface area contributed by atoms with Crippen LogP contribution in [0.2, 0.25) is 0 Å². The zero-order valence-electron chi connectivity index (χ0n) is 14.0. The van der Waals surface area contributed by atoms with Crippen LogP contribution < -0.4 is 10.1 Å². The van der Waals surface area contributed by atoms with E-state index in [4.69, 9.17) is 4.74 Å². The average Bonchev–Trinajstić information content (AvgIpc) is 2.59. The highest BCUT2D eigenvalue weighted by Crippen LogP contribution is 2.26. The van der Waals surface area contributed by atoms with Gasteiger partial charge in [-0.25, -0.2) is 13.2 Å². The first-order chi connectivity index (χ1) is 12.2. The Labute approximate surface area is 159 Å². The molecule has 0 bridgehead atoms. The maximum Gasteiger partial charge on any atom is 0.337 e. The molecule has 26 heavy (non-hydrogen) atoms. The lowest BCUT2D eigenvalue weighted by molar-refractivity contribution is -0.118. The third kappa shape index (κ3) is 5.06. The van der Waals surface area contributed by atoms with Gasteiger partial charge in [0.05, 0.1) is 27.7 Å². The van der Waals surface area contributed by atoms with Crippen LogP contribution in [0.3, 0.4) is 0 Å². The van der Waals surface area contributed by atoms with E-state index in [-0.39, 0.29) is 17.2 Å². The molecular weight excluding hydrogens is 426 g/mol. The van der Waals surface area contributed by atoms with Gasteiger partial charge in [-0.1, -0.05) is 12.1 Å². The Hall–Kier alpha value is -2.39. The van der Waals surface area contributed by atoms with Gasteiger partial charge in [-0.3, -0.25) is 4.79 Å². The minimum Gasteiger partial charge on any atom is -0.483 e. The molecule has 0 atom stereocenters. The summed E-state index contributed by atoms with van der Waals surface area (Å²) in [5.41, 5.74) is 0.516. The highest BCUT2D eigenvalue weighted by atomic mass is 79.9. The number of hydrogen-bond acceptors (Lipinski definition) is 6. The summed E-state index contributed by atoms with van der Waals surface area (Å²) < 4.78 is 34.0. The van der Waals surface area contributed by atoms with E-state index >= 15 is 0 Å². The molecule has 0 radical (unpaired) electrons. The number of ether oxygens (including phenoxy) is 2. The van der Waals surface area contributed by atoms with Gasteiger partial charge in [0, 0.05) is 6.26 Å². The van der Waals surface area contributed by atoms with Crippen molar-refractivity contribution in [1.29, 1.82) is 0 Å². The van der Waals surface area contributed by atoms with Crippen molar-refractivity contribution < 1.29 is 27.5 Å². The standard InChI is InChI=1S/C17H16BrNO6S/c1-24-17(21)11-7-8-14(12(18)9-11)25-10-16(20)19-13-5-3-4-6-15(13)26(2,22)23/h3-9H,10H2,1-2H3,(H,19,20). The molecule has 2 aromatic carbocycles. The second kappa shape index (κ2) is 8.33. The largest absolute Gasteiger partial charge is 0.483 e. The fourth-order valence-electron chi connectivity index (χ4n) is 2.09. The predicted molar refractivity (Wildman–Crippen MR) is 99.2 cm³/mol. The molecule has 0 unspecified atom stereocenters. The van der Waals surface area contributed by atoms with Crippen molar-refractivity contribution in [3.63, 3.8) is 0 Å². The second-order valence-corrected chi connectivity index (χ2v) is 8.08. The van der Waals surface area contributed by atoms with Crippen molar-refractivity contribution >= 4 is 43.3 Å². The monoisotopic (exact) mass is 441 g/mol. The average molecular weight is 442 g/mol. The van der Waals surface area contributed by atoms with Gasteiger partial charge in [0.15, 0.2) is 16.4 Å². The Balaban J connectivity index is 2.05. The summed E-state index contributed by atoms with van der Waals surface area (Å²) in [7, 11) is -2.20. The minimum atomic E-state index is -3.48. The second-order valence-electron chi connectivity index (χ2n) is 5.24. The van der Waals surface area contributed by atoms with Crippen LogP contribution in [0.5, 0.6) is 5.75 Å². The van der Waals surface area contributed by atoms with Crippen LogP contribution in [0.25, 0.3) is 0 Å². The van der Waals surface area contributed by atoms with Crippen molar-refractivity contribution in [2.45, 2.75) is 4.90 Å². The molecule has 0 spiro atoms. The molecule has 138 valence electrons. The smallest absolute Gasteiger partial charge is 0.337 e. The van der Waals surface area contributed by atoms with Crippen molar-refractivity contribution in [3.8, 4) is 5.75 Å². The van der Waals surface area contributed by atoms with Crippen molar-refractivity contribution in [1.82, 2.24) is 0 Å². The minimum absolute atomic E-state index is 0.0250. The van der Waals surface area contributed by atoms with Crippen LogP contribution in [0.4, 0.5) is 5.69 Å². The zero-order valence-corrected chi connectivity index (χ0v) is 16.4. The first kappa shape index (κ1) is 19.9. The van der Waals surface area contributed by atoms with Gasteiger partial charge in [0.25, 0.3) is 5.91 Å². The molecule has 0 aromatic heterocycles. The number of nitrogens with one attached hydrogen (secondary N) is 1. The Morgan fingerprint density at radius 3 is 2.46 bits per heavy atom. The molecule has 7 nitrogen and oxygen atoms in total. The molecule has 0 heterocycles. The number of anilines is 1. The maximum atomic E-state index is 12.1. The first-order valence-corrected chi connectivity index (χ1v) is 10.0. The summed E-state index contributed by atoms with van der Waals surface area (Å²) in [5.74, 6) is -0.665. The van der Waals surface area contributed by atoms with E-state index in [1.807, 2.05) is 0 Å². The van der Waals surface area contributed by atoms with E-state index < -0.39 is 21.7 Å². The number of para-hydroxylation sites is 1. The van der Waals surface area contributed by atoms with E-state index in [0.717, 1.165) is 6.26 Å². The Morgan fingerprint density at radius 1 is 1.15 bits per heavy atom. The van der Waals surface area contributed by atoms with E-state index in [0.29, 0.717) is 15.8 Å². The lowest BCUT2D eigenvalue weighted by Gasteiger charge is -2.11. The van der Waals surface area contributed by atoms with Crippen LogP contribution in [0.1, 0.15) is 10.4 Å². The first-order valence-electron chi connectivity index (χ1n) is 7.32. The summed E-state index contributed by atoms with van der Waals surface area (Å²) in [6, 6.07) is 10.6. The van der Waals surface area contributed by atoms with E-state index in [9.17, 15) is 18.0 Å². The summed E-state index contributed by atoms with van der Waals surface area (Å²) in [6.45, 7) is -0.339. The highest BCUT2D eigenvalue weighted by molar-refractivity contribution is 9.10. The number of carbonyl (C=O) groups is 2. The molecule has 0 saturated carbocycles. The number of esters is 1. The lowest BCUT2D eigenvalue weighted by atomic mass is 10.2. The summed E-state index contributed by atoms with van der Waals surface area (Å²) in [4.78, 5) is 23.6. The number of sulfone groups is 1. The number of rotatable bonds is 6. The zero-order chi connectivity index (χ0) is 19.3. The van der Waals surface area contributed by atoms with Crippen LogP contribution >= 0.6 is 15.9 Å². The van der Waals surface area contributed by atoms with Crippen LogP contribution in [0.15, 0.2) is 51.8 Å². The third-order valence-corrected chi connectivity index (χ3v) is 5.05. The van der Waals surface area contributed by atoms with Crippen LogP contribution in [-0.4, -0.2) is 40.3 Å². The van der Waals surface area contributed by atoms with Crippen molar-refractivity contribution in [2.24, 2.45) is 0 Å². The van der Waals surface area contributed by atoms with Crippen LogP contribution in [-0.2, 0) is 19.4 Å². The number of amides is 1. The third-order valence-electron chi connectivity index (χ3n) is 3.27. The van der Waals surface area contributed by atoms with E-state index in [1.165, 1.54) is 37.4 Å². The number of methoxy groups -OCH3 is 1. The van der Waals surface area contributed by atoms with Gasteiger partial charge in [-0.2, -0.15) is 0 Å². The van der Waals surface area contributed by atoms with Gasteiger partial charge in [-0.05, 0) is 46.3 Å². The number of halogens is 1. The summed E-state index contributed by atoms with van der Waals surface area (Å²) >= 11 is 3.26. The lowest BCUT2D eigenvalue weighted by Crippen LogP contribution is -2.21. The molecule has 0 fully saturated rings. The molecule has 2 aromatic rings. The molecular formula is C17H16BrNO6S. The molecule has 0 aliphatic carbocycles. The Bertz CT molecular complexity index is 942. The van der Waals surface area contributed by atoms with Gasteiger partial charge in [-0.15, -0.1) is 0 Å². The number of carbonyl (C=O) groups excluding carboxylic acids is 2. The van der Waals surface area contributed by atoms with Gasteiger partial charge in [0.1, 0.15) is 5.75 Å². The molecule has 2 rings (SSSR count). The maximum absolute atomic E-state index is 12.1. The Morgan fingerprint density at radius 2 is 1.85 bits per heavy atom. The molecule has 0 saturated heterocycles. The van der Waals surface area contributed by atoms with Crippen LogP contribution in [0, 0.1) is 0 Å². The fourth-order valence-corrected chi connectivity index (χ4v) is 3.42.